The quantitative estimate of drug-likeness (QED) is 0.315. The zero-order chi connectivity index (χ0) is 14.0. The van der Waals surface area contributed by atoms with Crippen LogP contribution in [0.25, 0.3) is 0 Å². The number of aromatic nitrogens is 2. The molecule has 1 aliphatic heterocycles. The van der Waals surface area contributed by atoms with Crippen molar-refractivity contribution >= 4 is 21.5 Å². The zero-order valence-corrected chi connectivity index (χ0v) is 11.2. The molecule has 1 aliphatic rings. The molecular formula is C10H15N5O3S. The van der Waals surface area contributed by atoms with Gasteiger partial charge in [0.2, 0.25) is 0 Å². The van der Waals surface area contributed by atoms with Crippen molar-refractivity contribution in [3.05, 3.63) is 18.1 Å². The summed E-state index contributed by atoms with van der Waals surface area (Å²) >= 11 is 0. The molecule has 19 heavy (non-hydrogen) atoms. The predicted octanol–water partition coefficient (Wildman–Crippen LogP) is -0.806. The van der Waals surface area contributed by atoms with Crippen LogP contribution < -0.4 is 10.6 Å². The number of sulfone groups is 1. The Kier molecular flexibility index (Phi) is 3.56. The Morgan fingerprint density at radius 1 is 1.53 bits per heavy atom. The molecule has 0 spiro atoms. The van der Waals surface area contributed by atoms with Crippen LogP contribution in [0.15, 0.2) is 17.5 Å². The van der Waals surface area contributed by atoms with E-state index in [0.717, 1.165) is 0 Å². The van der Waals surface area contributed by atoms with Crippen molar-refractivity contribution in [1.29, 1.82) is 0 Å². The van der Waals surface area contributed by atoms with E-state index in [-0.39, 0.29) is 29.1 Å². The Balaban J connectivity index is 2.19. The first-order valence-corrected chi connectivity index (χ1v) is 7.52. The van der Waals surface area contributed by atoms with Gasteiger partial charge in [-0.25, -0.2) is 18.4 Å². The van der Waals surface area contributed by atoms with Crippen molar-refractivity contribution in [3.8, 4) is 0 Å². The minimum Gasteiger partial charge on any atom is -0.409 e. The number of hydrogen-bond donors (Lipinski definition) is 2. The highest BCUT2D eigenvalue weighted by Crippen LogP contribution is 2.18. The van der Waals surface area contributed by atoms with E-state index in [9.17, 15) is 8.42 Å². The third-order valence-electron chi connectivity index (χ3n) is 2.97. The molecule has 2 rings (SSSR count). The highest BCUT2D eigenvalue weighted by atomic mass is 32.2. The Hall–Kier alpha value is -1.90. The van der Waals surface area contributed by atoms with Crippen LogP contribution >= 0.6 is 0 Å². The average Bonchev–Trinajstić information content (AvgIpc) is 2.37. The molecule has 0 aromatic carbocycles. The third-order valence-corrected chi connectivity index (χ3v) is 4.77. The maximum absolute atomic E-state index is 11.5. The van der Waals surface area contributed by atoms with E-state index in [0.29, 0.717) is 12.4 Å². The Bertz CT molecular complexity index is 584. The van der Waals surface area contributed by atoms with Crippen LogP contribution in [0.2, 0.25) is 0 Å². The smallest absolute Gasteiger partial charge is 0.190 e. The van der Waals surface area contributed by atoms with Crippen molar-refractivity contribution in [2.45, 2.75) is 13.0 Å². The molecule has 1 fully saturated rings. The van der Waals surface area contributed by atoms with Crippen molar-refractivity contribution in [2.75, 3.05) is 23.0 Å². The predicted molar refractivity (Wildman–Crippen MR) is 70.0 cm³/mol. The SMILES string of the molecule is CC1CS(=O)(=O)CCN1c1cnc(C(N)=NO)cn1. The standard InChI is InChI=1S/C10H15N5O3S/c1-7-6-19(17,18)3-2-15(7)9-5-12-8(4-13-9)10(11)14-16/h4-5,7,16H,2-3,6H2,1H3,(H2,11,14). The van der Waals surface area contributed by atoms with Crippen LogP contribution in [0.1, 0.15) is 12.6 Å². The average molecular weight is 285 g/mol. The molecule has 1 aromatic rings. The summed E-state index contributed by atoms with van der Waals surface area (Å²) in [7, 11) is -2.96. The van der Waals surface area contributed by atoms with Gasteiger partial charge in [-0.3, -0.25) is 0 Å². The van der Waals surface area contributed by atoms with Crippen LogP contribution in [0, 0.1) is 0 Å². The van der Waals surface area contributed by atoms with Crippen LogP contribution in [0.4, 0.5) is 5.82 Å². The van der Waals surface area contributed by atoms with Gasteiger partial charge in [-0.2, -0.15) is 0 Å². The third kappa shape index (κ3) is 2.92. The fraction of sp³-hybridized carbons (Fsp3) is 0.500. The van der Waals surface area contributed by atoms with E-state index in [1.807, 2.05) is 11.8 Å². The minimum atomic E-state index is -2.96. The number of amidine groups is 1. The Labute approximate surface area is 110 Å². The summed E-state index contributed by atoms with van der Waals surface area (Å²) in [6, 6.07) is -0.150. The molecule has 2 heterocycles. The lowest BCUT2D eigenvalue weighted by Crippen LogP contribution is -2.47. The van der Waals surface area contributed by atoms with Crippen molar-refractivity contribution in [2.24, 2.45) is 10.9 Å². The molecule has 1 unspecified atom stereocenters. The number of hydrogen-bond acceptors (Lipinski definition) is 7. The van der Waals surface area contributed by atoms with Crippen LogP contribution in [0.3, 0.4) is 0 Å². The maximum Gasteiger partial charge on any atom is 0.190 e. The van der Waals surface area contributed by atoms with Gasteiger partial charge in [-0.05, 0) is 6.92 Å². The number of oxime groups is 1. The van der Waals surface area contributed by atoms with Gasteiger partial charge in [-0.15, -0.1) is 0 Å². The lowest BCUT2D eigenvalue weighted by Gasteiger charge is -2.33. The summed E-state index contributed by atoms with van der Waals surface area (Å²) in [5, 5.41) is 11.4. The van der Waals surface area contributed by atoms with Gasteiger partial charge in [0.25, 0.3) is 0 Å². The lowest BCUT2D eigenvalue weighted by atomic mass is 10.3. The summed E-state index contributed by atoms with van der Waals surface area (Å²) < 4.78 is 23.0. The van der Waals surface area contributed by atoms with Crippen molar-refractivity contribution in [3.63, 3.8) is 0 Å². The molecule has 0 saturated carbocycles. The lowest BCUT2D eigenvalue weighted by molar-refractivity contribution is 0.318. The van der Waals surface area contributed by atoms with Crippen LogP contribution in [-0.2, 0) is 9.84 Å². The van der Waals surface area contributed by atoms with Crippen LogP contribution in [-0.4, -0.2) is 53.5 Å². The molecule has 0 radical (unpaired) electrons. The topological polar surface area (TPSA) is 122 Å². The molecule has 1 atom stereocenters. The van der Waals surface area contributed by atoms with Gasteiger partial charge in [0.15, 0.2) is 15.7 Å². The highest BCUT2D eigenvalue weighted by molar-refractivity contribution is 7.91. The Morgan fingerprint density at radius 2 is 2.26 bits per heavy atom. The Morgan fingerprint density at radius 3 is 2.79 bits per heavy atom. The molecular weight excluding hydrogens is 270 g/mol. The van der Waals surface area contributed by atoms with Gasteiger partial charge in [0.1, 0.15) is 11.5 Å². The zero-order valence-electron chi connectivity index (χ0n) is 10.4. The summed E-state index contributed by atoms with van der Waals surface area (Å²) in [5.41, 5.74) is 5.66. The van der Waals surface area contributed by atoms with Gasteiger partial charge >= 0.3 is 0 Å². The maximum atomic E-state index is 11.5. The van der Waals surface area contributed by atoms with Gasteiger partial charge in [0, 0.05) is 12.6 Å². The van der Waals surface area contributed by atoms with Gasteiger partial charge < -0.3 is 15.8 Å². The summed E-state index contributed by atoms with van der Waals surface area (Å²) in [4.78, 5) is 10.1. The second kappa shape index (κ2) is 5.00. The minimum absolute atomic E-state index is 0.108. The molecule has 0 aliphatic carbocycles. The van der Waals surface area contributed by atoms with E-state index in [2.05, 4.69) is 15.1 Å². The summed E-state index contributed by atoms with van der Waals surface area (Å²) in [5.74, 6) is 0.683. The molecule has 0 bridgehead atoms. The second-order valence-corrected chi connectivity index (χ2v) is 6.63. The van der Waals surface area contributed by atoms with E-state index in [1.54, 1.807) is 0 Å². The van der Waals surface area contributed by atoms with E-state index in [1.165, 1.54) is 12.4 Å². The van der Waals surface area contributed by atoms with Crippen molar-refractivity contribution < 1.29 is 13.6 Å². The van der Waals surface area contributed by atoms with Crippen LogP contribution in [0.5, 0.6) is 0 Å². The summed E-state index contributed by atoms with van der Waals surface area (Å²) in [6.07, 6.45) is 2.88. The van der Waals surface area contributed by atoms with Crippen molar-refractivity contribution in [1.82, 2.24) is 9.97 Å². The summed E-state index contributed by atoms with van der Waals surface area (Å²) in [6.45, 7) is 2.22. The molecule has 8 nitrogen and oxygen atoms in total. The molecule has 1 aromatic heterocycles. The number of anilines is 1. The van der Waals surface area contributed by atoms with Gasteiger partial charge in [0.05, 0.1) is 23.9 Å². The number of nitrogens with zero attached hydrogens (tertiary/aromatic N) is 4. The van der Waals surface area contributed by atoms with E-state index >= 15 is 0 Å². The first kappa shape index (κ1) is 13.5. The van der Waals surface area contributed by atoms with E-state index in [4.69, 9.17) is 10.9 Å². The molecule has 3 N–H and O–H groups in total. The fourth-order valence-corrected chi connectivity index (χ4v) is 3.55. The first-order valence-electron chi connectivity index (χ1n) is 5.70. The molecule has 1 saturated heterocycles. The number of rotatable bonds is 2. The normalized spacial score (nSPS) is 23.3. The first-order chi connectivity index (χ1) is 8.93. The number of nitrogens with two attached hydrogens (primary N) is 1. The monoisotopic (exact) mass is 285 g/mol. The van der Waals surface area contributed by atoms with E-state index < -0.39 is 9.84 Å². The second-order valence-electron chi connectivity index (χ2n) is 4.40. The fourth-order valence-electron chi connectivity index (χ4n) is 1.99. The van der Waals surface area contributed by atoms with Gasteiger partial charge in [-0.1, -0.05) is 5.16 Å². The molecule has 104 valence electrons. The molecule has 0 amide bonds. The highest BCUT2D eigenvalue weighted by Gasteiger charge is 2.29. The largest absolute Gasteiger partial charge is 0.409 e. The molecule has 9 heteroatoms.